The van der Waals surface area contributed by atoms with Crippen molar-refractivity contribution in [2.75, 3.05) is 18.4 Å². The van der Waals surface area contributed by atoms with Gasteiger partial charge in [0.25, 0.3) is 5.91 Å². The summed E-state index contributed by atoms with van der Waals surface area (Å²) in [6.07, 6.45) is 6.10. The van der Waals surface area contributed by atoms with Crippen molar-refractivity contribution in [3.05, 3.63) is 47.4 Å². The molecule has 0 saturated carbocycles. The maximum absolute atomic E-state index is 12.6. The monoisotopic (exact) mass is 443 g/mol. The van der Waals surface area contributed by atoms with Gasteiger partial charge in [0, 0.05) is 31.7 Å². The third kappa shape index (κ3) is 6.75. The molecule has 1 saturated heterocycles. The van der Waals surface area contributed by atoms with Crippen LogP contribution in [0.3, 0.4) is 0 Å². The maximum Gasteiger partial charge on any atom is 0.410 e. The quantitative estimate of drug-likeness (QED) is 0.689. The zero-order chi connectivity index (χ0) is 22.4. The molecule has 1 aliphatic heterocycles. The van der Waals surface area contributed by atoms with Crippen LogP contribution in [0.25, 0.3) is 0 Å². The SMILES string of the molecule is CC(C)(C)OC(=O)N1CCC(C=Nc2cccnc2C(=O)Nc2ccc(Cl)cn2)CC1. The van der Waals surface area contributed by atoms with Gasteiger partial charge in [-0.2, -0.15) is 0 Å². The average molecular weight is 444 g/mol. The number of ether oxygens (including phenoxy) is 1. The van der Waals surface area contributed by atoms with Crippen molar-refractivity contribution in [3.63, 3.8) is 0 Å². The van der Waals surface area contributed by atoms with Crippen LogP contribution in [0, 0.1) is 5.92 Å². The number of pyridine rings is 2. The lowest BCUT2D eigenvalue weighted by molar-refractivity contribution is 0.0203. The number of carbonyl (C=O) groups is 2. The Labute approximate surface area is 186 Å². The molecule has 9 heteroatoms. The van der Waals surface area contributed by atoms with Crippen molar-refractivity contribution in [2.45, 2.75) is 39.2 Å². The minimum Gasteiger partial charge on any atom is -0.444 e. The van der Waals surface area contributed by atoms with Gasteiger partial charge in [-0.15, -0.1) is 0 Å². The van der Waals surface area contributed by atoms with Crippen molar-refractivity contribution in [3.8, 4) is 0 Å². The molecular weight excluding hydrogens is 418 g/mol. The van der Waals surface area contributed by atoms with E-state index in [1.807, 2.05) is 27.0 Å². The van der Waals surface area contributed by atoms with Crippen LogP contribution in [0.1, 0.15) is 44.1 Å². The van der Waals surface area contributed by atoms with Crippen LogP contribution in [0.4, 0.5) is 16.3 Å². The van der Waals surface area contributed by atoms with Gasteiger partial charge in [-0.3, -0.25) is 9.79 Å². The Kier molecular flexibility index (Phi) is 7.22. The van der Waals surface area contributed by atoms with Gasteiger partial charge in [0.15, 0.2) is 5.69 Å². The largest absolute Gasteiger partial charge is 0.444 e. The van der Waals surface area contributed by atoms with Crippen LogP contribution in [-0.4, -0.2) is 51.8 Å². The van der Waals surface area contributed by atoms with Crippen LogP contribution < -0.4 is 5.32 Å². The second-order valence-electron chi connectivity index (χ2n) is 8.27. The van der Waals surface area contributed by atoms with Gasteiger partial charge in [-0.05, 0) is 63.8 Å². The van der Waals surface area contributed by atoms with E-state index in [1.165, 1.54) is 6.20 Å². The molecule has 0 radical (unpaired) electrons. The van der Waals surface area contributed by atoms with Crippen molar-refractivity contribution in [1.82, 2.24) is 14.9 Å². The summed E-state index contributed by atoms with van der Waals surface area (Å²) in [6, 6.07) is 6.73. The molecule has 1 aliphatic rings. The molecule has 0 aliphatic carbocycles. The standard InChI is InChI=1S/C22H26ClN5O3/c1-22(2,3)31-21(30)28-11-8-15(9-12-28)13-25-17-5-4-10-24-19(17)20(29)27-18-7-6-16(23)14-26-18/h4-7,10,13-15H,8-9,11-12H2,1-3H3,(H,26,27,29). The topological polar surface area (TPSA) is 96.8 Å². The Morgan fingerprint density at radius 1 is 1.23 bits per heavy atom. The number of piperidine rings is 1. The normalized spacial score (nSPS) is 15.2. The molecule has 3 rings (SSSR count). The first kappa shape index (κ1) is 22.7. The van der Waals surface area contributed by atoms with Crippen molar-refractivity contribution >= 4 is 41.3 Å². The number of aromatic nitrogens is 2. The molecule has 0 bridgehead atoms. The Morgan fingerprint density at radius 3 is 2.61 bits per heavy atom. The highest BCUT2D eigenvalue weighted by Gasteiger charge is 2.26. The van der Waals surface area contributed by atoms with Gasteiger partial charge in [-0.1, -0.05) is 11.6 Å². The smallest absolute Gasteiger partial charge is 0.410 e. The van der Waals surface area contributed by atoms with Crippen molar-refractivity contribution in [2.24, 2.45) is 10.9 Å². The van der Waals surface area contributed by atoms with Crippen molar-refractivity contribution in [1.29, 1.82) is 0 Å². The first-order valence-electron chi connectivity index (χ1n) is 10.1. The van der Waals surface area contributed by atoms with E-state index < -0.39 is 11.5 Å². The highest BCUT2D eigenvalue weighted by atomic mass is 35.5. The Balaban J connectivity index is 1.60. The lowest BCUT2D eigenvalue weighted by Crippen LogP contribution is -2.41. The Hall–Kier alpha value is -3.00. The zero-order valence-electron chi connectivity index (χ0n) is 17.8. The first-order valence-corrected chi connectivity index (χ1v) is 10.5. The number of anilines is 1. The van der Waals surface area contributed by atoms with E-state index in [0.717, 1.165) is 12.8 Å². The van der Waals surface area contributed by atoms with E-state index in [1.54, 1.807) is 35.4 Å². The first-order chi connectivity index (χ1) is 14.7. The number of nitrogens with zero attached hydrogens (tertiary/aromatic N) is 4. The highest BCUT2D eigenvalue weighted by Crippen LogP contribution is 2.22. The number of aliphatic imine (C=N–C) groups is 1. The number of hydrogen-bond acceptors (Lipinski definition) is 6. The summed E-state index contributed by atoms with van der Waals surface area (Å²) in [4.78, 5) is 39.3. The third-order valence-electron chi connectivity index (χ3n) is 4.59. The number of likely N-dealkylation sites (tertiary alicyclic amines) is 1. The number of amides is 2. The van der Waals surface area contributed by atoms with E-state index in [9.17, 15) is 9.59 Å². The predicted octanol–water partition coefficient (Wildman–Crippen LogP) is 4.73. The van der Waals surface area contributed by atoms with Crippen LogP contribution in [0.2, 0.25) is 5.02 Å². The minimum absolute atomic E-state index is 0.202. The van der Waals surface area contributed by atoms with E-state index in [4.69, 9.17) is 16.3 Å². The Morgan fingerprint density at radius 2 is 1.97 bits per heavy atom. The minimum atomic E-state index is -0.506. The van der Waals surface area contributed by atoms with Crippen LogP contribution in [0.15, 0.2) is 41.7 Å². The van der Waals surface area contributed by atoms with Gasteiger partial charge in [0.1, 0.15) is 11.4 Å². The number of halogens is 1. The molecule has 0 spiro atoms. The predicted molar refractivity (Wildman–Crippen MR) is 120 cm³/mol. The van der Waals surface area contributed by atoms with Gasteiger partial charge in [-0.25, -0.2) is 14.8 Å². The summed E-state index contributed by atoms with van der Waals surface area (Å²) >= 11 is 5.82. The molecule has 2 amide bonds. The number of hydrogen-bond donors (Lipinski definition) is 1. The summed E-state index contributed by atoms with van der Waals surface area (Å²) in [6.45, 7) is 6.78. The fourth-order valence-electron chi connectivity index (χ4n) is 3.04. The molecule has 0 unspecified atom stereocenters. The van der Waals surface area contributed by atoms with E-state index in [0.29, 0.717) is 29.6 Å². The third-order valence-corrected chi connectivity index (χ3v) is 4.81. The summed E-state index contributed by atoms with van der Waals surface area (Å²) < 4.78 is 5.43. The van der Waals surface area contributed by atoms with Gasteiger partial charge >= 0.3 is 6.09 Å². The highest BCUT2D eigenvalue weighted by molar-refractivity contribution is 6.30. The van der Waals surface area contributed by atoms with E-state index in [2.05, 4.69) is 20.3 Å². The lowest BCUT2D eigenvalue weighted by atomic mass is 9.98. The zero-order valence-corrected chi connectivity index (χ0v) is 18.6. The summed E-state index contributed by atoms with van der Waals surface area (Å²) in [5, 5.41) is 3.18. The average Bonchev–Trinajstić information content (AvgIpc) is 2.73. The summed E-state index contributed by atoms with van der Waals surface area (Å²) in [5.74, 6) is 0.180. The van der Waals surface area contributed by atoms with Crippen molar-refractivity contribution < 1.29 is 14.3 Å². The lowest BCUT2D eigenvalue weighted by Gasteiger charge is -2.32. The molecule has 0 atom stereocenters. The Bertz CT molecular complexity index is 948. The molecule has 31 heavy (non-hydrogen) atoms. The number of carbonyl (C=O) groups excluding carboxylic acids is 2. The van der Waals surface area contributed by atoms with Gasteiger partial charge in [0.05, 0.1) is 10.7 Å². The number of rotatable bonds is 4. The molecule has 1 fully saturated rings. The van der Waals surface area contributed by atoms with Crippen LogP contribution in [-0.2, 0) is 4.74 Å². The molecule has 8 nitrogen and oxygen atoms in total. The summed E-state index contributed by atoms with van der Waals surface area (Å²) in [5.41, 5.74) is 0.180. The fraction of sp³-hybridized carbons (Fsp3) is 0.409. The molecule has 3 heterocycles. The fourth-order valence-corrected chi connectivity index (χ4v) is 3.16. The second-order valence-corrected chi connectivity index (χ2v) is 8.71. The van der Waals surface area contributed by atoms with E-state index >= 15 is 0 Å². The van der Waals surface area contributed by atoms with Gasteiger partial charge in [0.2, 0.25) is 0 Å². The van der Waals surface area contributed by atoms with Crippen LogP contribution >= 0.6 is 11.6 Å². The molecule has 164 valence electrons. The summed E-state index contributed by atoms with van der Waals surface area (Å²) in [7, 11) is 0. The van der Waals surface area contributed by atoms with Crippen LogP contribution in [0.5, 0.6) is 0 Å². The second kappa shape index (κ2) is 9.87. The van der Waals surface area contributed by atoms with E-state index in [-0.39, 0.29) is 17.7 Å². The number of nitrogens with one attached hydrogen (secondary N) is 1. The maximum atomic E-state index is 12.6. The molecule has 1 N–H and O–H groups in total. The molecule has 2 aromatic heterocycles. The van der Waals surface area contributed by atoms with Gasteiger partial charge < -0.3 is 15.0 Å². The molecule has 0 aromatic carbocycles. The molecular formula is C22H26ClN5O3. The molecule has 2 aromatic rings.